The van der Waals surface area contributed by atoms with Gasteiger partial charge in [0.05, 0.1) is 7.11 Å². The van der Waals surface area contributed by atoms with Crippen molar-refractivity contribution in [1.29, 1.82) is 0 Å². The Bertz CT molecular complexity index is 233. The second kappa shape index (κ2) is 4.49. The summed E-state index contributed by atoms with van der Waals surface area (Å²) in [6.45, 7) is 4.55. The molecule has 0 aromatic heterocycles. The Kier molecular flexibility index (Phi) is 3.55. The quantitative estimate of drug-likeness (QED) is 0.554. The van der Waals surface area contributed by atoms with Crippen molar-refractivity contribution >= 4 is 5.97 Å². The minimum Gasteiger partial charge on any atom is -0.466 e. The maximum Gasteiger partial charge on any atom is 0.331 e. The van der Waals surface area contributed by atoms with Crippen molar-refractivity contribution in [3.63, 3.8) is 0 Å². The Hall–Kier alpha value is -0.990. The molecule has 3 heteroatoms. The molecule has 1 rings (SSSR count). The number of carbonyl (C=O) groups excluding carboxylic acids is 1. The predicted molar refractivity (Wildman–Crippen MR) is 55.7 cm³/mol. The molecule has 1 fully saturated rings. The Morgan fingerprint density at radius 3 is 2.79 bits per heavy atom. The molecular weight excluding hydrogens is 178 g/mol. The van der Waals surface area contributed by atoms with Gasteiger partial charge in [0.15, 0.2) is 0 Å². The van der Waals surface area contributed by atoms with Crippen LogP contribution in [0.2, 0.25) is 0 Å². The van der Waals surface area contributed by atoms with Crippen molar-refractivity contribution in [2.45, 2.75) is 39.2 Å². The lowest BCUT2D eigenvalue weighted by Gasteiger charge is -2.16. The topological polar surface area (TPSA) is 38.3 Å². The Morgan fingerprint density at radius 1 is 1.57 bits per heavy atom. The van der Waals surface area contributed by atoms with E-state index in [1.54, 1.807) is 6.20 Å². The molecule has 0 spiro atoms. The first-order valence-electron chi connectivity index (χ1n) is 5.04. The first-order valence-corrected chi connectivity index (χ1v) is 5.04. The summed E-state index contributed by atoms with van der Waals surface area (Å²) in [5.41, 5.74) is 0.441. The van der Waals surface area contributed by atoms with Crippen molar-refractivity contribution in [1.82, 2.24) is 5.32 Å². The third-order valence-corrected chi connectivity index (χ3v) is 2.72. The lowest BCUT2D eigenvalue weighted by atomic mass is 9.92. The van der Waals surface area contributed by atoms with E-state index in [0.717, 1.165) is 0 Å². The molecule has 0 aromatic rings. The molecule has 1 atom stereocenters. The summed E-state index contributed by atoms with van der Waals surface area (Å²) >= 11 is 0. The molecule has 0 aromatic carbocycles. The van der Waals surface area contributed by atoms with Gasteiger partial charge in [-0.1, -0.05) is 13.8 Å². The molecule has 0 amide bonds. The van der Waals surface area contributed by atoms with Gasteiger partial charge in [-0.15, -0.1) is 0 Å². The van der Waals surface area contributed by atoms with Crippen molar-refractivity contribution < 1.29 is 9.53 Å². The zero-order valence-corrected chi connectivity index (χ0v) is 9.17. The second-order valence-electron chi connectivity index (χ2n) is 4.63. The van der Waals surface area contributed by atoms with E-state index >= 15 is 0 Å². The molecule has 1 aliphatic carbocycles. The minimum atomic E-state index is -0.310. The number of ether oxygens (including phenoxy) is 1. The molecular formula is C11H19NO2. The summed E-state index contributed by atoms with van der Waals surface area (Å²) in [6.07, 6.45) is 6.71. The Balaban J connectivity index is 2.27. The number of carbonyl (C=O) groups is 1. The Morgan fingerprint density at radius 2 is 2.29 bits per heavy atom. The molecule has 1 unspecified atom stereocenters. The van der Waals surface area contributed by atoms with Crippen LogP contribution in [0, 0.1) is 5.41 Å². The lowest BCUT2D eigenvalue weighted by molar-refractivity contribution is -0.134. The fraction of sp³-hybridized carbons (Fsp3) is 0.727. The zero-order valence-electron chi connectivity index (χ0n) is 9.17. The fourth-order valence-corrected chi connectivity index (χ4v) is 1.90. The monoisotopic (exact) mass is 197 g/mol. The molecule has 80 valence electrons. The van der Waals surface area contributed by atoms with Crippen LogP contribution in [0.25, 0.3) is 0 Å². The van der Waals surface area contributed by atoms with E-state index in [-0.39, 0.29) is 5.97 Å². The van der Waals surface area contributed by atoms with E-state index in [4.69, 9.17) is 0 Å². The molecule has 14 heavy (non-hydrogen) atoms. The molecule has 0 aliphatic heterocycles. The molecule has 0 heterocycles. The highest BCUT2D eigenvalue weighted by molar-refractivity contribution is 5.81. The third kappa shape index (κ3) is 3.40. The largest absolute Gasteiger partial charge is 0.466 e. The number of hydrogen-bond acceptors (Lipinski definition) is 3. The van der Waals surface area contributed by atoms with Crippen molar-refractivity contribution in [3.8, 4) is 0 Å². The van der Waals surface area contributed by atoms with E-state index in [2.05, 4.69) is 23.9 Å². The highest BCUT2D eigenvalue weighted by Gasteiger charge is 2.29. The number of esters is 1. The first kappa shape index (κ1) is 11.1. The van der Waals surface area contributed by atoms with Crippen LogP contribution in [0.1, 0.15) is 33.1 Å². The predicted octanol–water partition coefficient (Wildman–Crippen LogP) is 1.84. The van der Waals surface area contributed by atoms with Gasteiger partial charge in [0.2, 0.25) is 0 Å². The molecule has 0 bridgehead atoms. The summed E-state index contributed by atoms with van der Waals surface area (Å²) < 4.78 is 4.49. The van der Waals surface area contributed by atoms with E-state index in [9.17, 15) is 4.79 Å². The van der Waals surface area contributed by atoms with Crippen LogP contribution in [0.3, 0.4) is 0 Å². The van der Waals surface area contributed by atoms with E-state index in [0.29, 0.717) is 11.5 Å². The average Bonchev–Trinajstić information content (AvgIpc) is 2.45. The van der Waals surface area contributed by atoms with Gasteiger partial charge in [-0.3, -0.25) is 0 Å². The third-order valence-electron chi connectivity index (χ3n) is 2.72. The molecule has 1 saturated carbocycles. The van der Waals surface area contributed by atoms with Crippen LogP contribution in [0.4, 0.5) is 0 Å². The van der Waals surface area contributed by atoms with Gasteiger partial charge in [0.1, 0.15) is 0 Å². The van der Waals surface area contributed by atoms with Gasteiger partial charge in [0, 0.05) is 18.3 Å². The van der Waals surface area contributed by atoms with Crippen molar-refractivity contribution in [2.24, 2.45) is 5.41 Å². The highest BCUT2D eigenvalue weighted by Crippen LogP contribution is 2.36. The van der Waals surface area contributed by atoms with Gasteiger partial charge in [-0.05, 0) is 24.7 Å². The van der Waals surface area contributed by atoms with Gasteiger partial charge < -0.3 is 10.1 Å². The summed E-state index contributed by atoms with van der Waals surface area (Å²) in [5, 5.41) is 3.22. The van der Waals surface area contributed by atoms with Crippen molar-refractivity contribution in [2.75, 3.05) is 7.11 Å². The summed E-state index contributed by atoms with van der Waals surface area (Å²) in [6, 6.07) is 0.505. The molecule has 0 saturated heterocycles. The van der Waals surface area contributed by atoms with Crippen LogP contribution in [0.15, 0.2) is 12.3 Å². The normalized spacial score (nSPS) is 25.2. The number of hydrogen-bond donors (Lipinski definition) is 1. The standard InChI is InChI=1S/C11H19NO2/c1-11(2)6-4-9(8-11)12-7-5-10(13)14-3/h5,7,9,12H,4,6,8H2,1-3H3/b7-5+. The molecule has 1 N–H and O–H groups in total. The van der Waals surface area contributed by atoms with E-state index in [1.807, 2.05) is 0 Å². The van der Waals surface area contributed by atoms with Gasteiger partial charge >= 0.3 is 5.97 Å². The first-order chi connectivity index (χ1) is 6.53. The molecule has 3 nitrogen and oxygen atoms in total. The maximum absolute atomic E-state index is 10.8. The lowest BCUT2D eigenvalue weighted by Crippen LogP contribution is -2.22. The number of rotatable bonds is 3. The minimum absolute atomic E-state index is 0.310. The summed E-state index contributed by atoms with van der Waals surface area (Å²) in [4.78, 5) is 10.8. The smallest absolute Gasteiger partial charge is 0.331 e. The summed E-state index contributed by atoms with van der Waals surface area (Å²) in [7, 11) is 1.38. The molecule has 1 aliphatic rings. The summed E-state index contributed by atoms with van der Waals surface area (Å²) in [5.74, 6) is -0.310. The maximum atomic E-state index is 10.8. The van der Waals surface area contributed by atoms with Crippen LogP contribution in [0.5, 0.6) is 0 Å². The Labute approximate surface area is 85.5 Å². The molecule has 0 radical (unpaired) electrons. The van der Waals surface area contributed by atoms with Gasteiger partial charge in [-0.2, -0.15) is 0 Å². The van der Waals surface area contributed by atoms with Gasteiger partial charge in [-0.25, -0.2) is 4.79 Å². The second-order valence-corrected chi connectivity index (χ2v) is 4.63. The van der Waals surface area contributed by atoms with Crippen molar-refractivity contribution in [3.05, 3.63) is 12.3 Å². The SMILES string of the molecule is COC(=O)/C=C/NC1CCC(C)(C)C1. The van der Waals surface area contributed by atoms with E-state index < -0.39 is 0 Å². The van der Waals surface area contributed by atoms with E-state index in [1.165, 1.54) is 32.4 Å². The number of methoxy groups -OCH3 is 1. The van der Waals surface area contributed by atoms with Gasteiger partial charge in [0.25, 0.3) is 0 Å². The van der Waals surface area contributed by atoms with Crippen LogP contribution >= 0.6 is 0 Å². The highest BCUT2D eigenvalue weighted by atomic mass is 16.5. The van der Waals surface area contributed by atoms with Crippen LogP contribution in [-0.4, -0.2) is 19.1 Å². The average molecular weight is 197 g/mol. The number of nitrogens with one attached hydrogen (secondary N) is 1. The zero-order chi connectivity index (χ0) is 10.6. The van der Waals surface area contributed by atoms with Crippen LogP contribution in [-0.2, 0) is 9.53 Å². The fourth-order valence-electron chi connectivity index (χ4n) is 1.90. The van der Waals surface area contributed by atoms with Crippen LogP contribution < -0.4 is 5.32 Å².